The van der Waals surface area contributed by atoms with Gasteiger partial charge >= 0.3 is 0 Å². The summed E-state index contributed by atoms with van der Waals surface area (Å²) in [6.45, 7) is 4.27. The van der Waals surface area contributed by atoms with Crippen molar-refractivity contribution in [1.82, 2.24) is 5.32 Å². The van der Waals surface area contributed by atoms with Gasteiger partial charge in [0.1, 0.15) is 0 Å². The average molecular weight is 276 g/mol. The van der Waals surface area contributed by atoms with E-state index in [-0.39, 0.29) is 11.9 Å². The Bertz CT molecular complexity index is 503. The lowest BCUT2D eigenvalue weighted by Gasteiger charge is -2.13. The van der Waals surface area contributed by atoms with Gasteiger partial charge in [-0.25, -0.2) is 0 Å². The van der Waals surface area contributed by atoms with Crippen molar-refractivity contribution in [2.24, 2.45) is 5.73 Å². The summed E-state index contributed by atoms with van der Waals surface area (Å²) in [5, 5.41) is 2.97. The molecular weight excluding hydrogens is 256 g/mol. The average Bonchev–Trinajstić information content (AvgIpc) is 2.36. The van der Waals surface area contributed by atoms with Crippen LogP contribution in [0.1, 0.15) is 28.4 Å². The van der Waals surface area contributed by atoms with Crippen molar-refractivity contribution in [1.29, 1.82) is 0 Å². The molecule has 0 aliphatic carbocycles. The normalized spacial score (nSPS) is 11.4. The number of carbonyl (C=O) groups is 1. The molecule has 1 unspecified atom stereocenters. The third-order valence-corrected chi connectivity index (χ3v) is 3.30. The van der Waals surface area contributed by atoms with Crippen molar-refractivity contribution in [2.75, 3.05) is 18.6 Å². The molecule has 0 saturated carbocycles. The second-order valence-electron chi connectivity index (χ2n) is 4.42. The first-order valence-electron chi connectivity index (χ1n) is 6.17. The highest BCUT2D eigenvalue weighted by molar-refractivity contribution is 7.98. The summed E-state index contributed by atoms with van der Waals surface area (Å²) in [6.07, 6.45) is 2.02. The molecule has 1 aromatic rings. The first-order chi connectivity index (χ1) is 9.06. The summed E-state index contributed by atoms with van der Waals surface area (Å²) in [5.74, 6) is 6.61. The molecule has 0 saturated heterocycles. The minimum atomic E-state index is -0.0546. The molecule has 102 valence electrons. The second kappa shape index (κ2) is 7.88. The molecule has 1 aromatic carbocycles. The van der Waals surface area contributed by atoms with Crippen LogP contribution in [0.2, 0.25) is 0 Å². The molecule has 1 rings (SSSR count). The van der Waals surface area contributed by atoms with Crippen LogP contribution in [0.4, 0.5) is 0 Å². The molecule has 3 nitrogen and oxygen atoms in total. The Kier molecular flexibility index (Phi) is 6.48. The van der Waals surface area contributed by atoms with Gasteiger partial charge in [-0.2, -0.15) is 11.8 Å². The first-order valence-corrected chi connectivity index (χ1v) is 7.56. The number of amides is 1. The summed E-state index contributed by atoms with van der Waals surface area (Å²) in [4.78, 5) is 12.1. The lowest BCUT2D eigenvalue weighted by Crippen LogP contribution is -2.34. The molecule has 0 bridgehead atoms. The van der Waals surface area contributed by atoms with Crippen LogP contribution in [-0.4, -0.2) is 30.5 Å². The highest BCUT2D eigenvalue weighted by Crippen LogP contribution is 2.09. The number of nitrogens with one attached hydrogen (secondary N) is 1. The molecule has 4 heteroatoms. The molecule has 0 fully saturated rings. The first kappa shape index (κ1) is 15.6. The standard InChI is InChI=1S/C15H20N2OS/c1-11-7-13(5-4-6-16)9-14(8-11)15(18)17-12(2)10-19-3/h7-9,12H,6,10,16H2,1-3H3,(H,17,18). The van der Waals surface area contributed by atoms with E-state index >= 15 is 0 Å². The molecule has 1 atom stereocenters. The van der Waals surface area contributed by atoms with Crippen LogP contribution in [0.5, 0.6) is 0 Å². The molecule has 0 radical (unpaired) electrons. The van der Waals surface area contributed by atoms with Crippen LogP contribution >= 0.6 is 11.8 Å². The van der Waals surface area contributed by atoms with Crippen molar-refractivity contribution in [3.05, 3.63) is 34.9 Å². The van der Waals surface area contributed by atoms with Crippen LogP contribution in [0, 0.1) is 18.8 Å². The summed E-state index contributed by atoms with van der Waals surface area (Å²) in [5.41, 5.74) is 7.85. The fraction of sp³-hybridized carbons (Fsp3) is 0.400. The fourth-order valence-electron chi connectivity index (χ4n) is 1.74. The maximum atomic E-state index is 12.1. The Morgan fingerprint density at radius 1 is 1.47 bits per heavy atom. The van der Waals surface area contributed by atoms with Gasteiger partial charge in [-0.15, -0.1) is 0 Å². The predicted molar refractivity (Wildman–Crippen MR) is 82.4 cm³/mol. The Hall–Kier alpha value is -1.44. The molecule has 0 spiro atoms. The largest absolute Gasteiger partial charge is 0.349 e. The number of benzene rings is 1. The van der Waals surface area contributed by atoms with E-state index in [9.17, 15) is 4.79 Å². The summed E-state index contributed by atoms with van der Waals surface area (Å²) in [7, 11) is 0. The van der Waals surface area contributed by atoms with Crippen LogP contribution < -0.4 is 11.1 Å². The van der Waals surface area contributed by atoms with Gasteiger partial charge in [-0.05, 0) is 43.9 Å². The number of carbonyl (C=O) groups excluding carboxylic acids is 1. The lowest BCUT2D eigenvalue weighted by atomic mass is 10.1. The molecule has 0 aliphatic heterocycles. The lowest BCUT2D eigenvalue weighted by molar-refractivity contribution is 0.0943. The Morgan fingerprint density at radius 3 is 2.84 bits per heavy atom. The highest BCUT2D eigenvalue weighted by Gasteiger charge is 2.10. The smallest absolute Gasteiger partial charge is 0.251 e. The van der Waals surface area contributed by atoms with E-state index < -0.39 is 0 Å². The number of thioether (sulfide) groups is 1. The number of aryl methyl sites for hydroxylation is 1. The summed E-state index contributed by atoms with van der Waals surface area (Å²) >= 11 is 1.71. The molecule has 19 heavy (non-hydrogen) atoms. The van der Waals surface area contributed by atoms with Crippen molar-refractivity contribution in [3.8, 4) is 11.8 Å². The quantitative estimate of drug-likeness (QED) is 0.824. The van der Waals surface area contributed by atoms with Crippen LogP contribution in [0.25, 0.3) is 0 Å². The van der Waals surface area contributed by atoms with Gasteiger partial charge in [-0.1, -0.05) is 11.8 Å². The topological polar surface area (TPSA) is 55.1 Å². The van der Waals surface area contributed by atoms with E-state index in [1.54, 1.807) is 17.8 Å². The molecule has 0 aromatic heterocycles. The van der Waals surface area contributed by atoms with Crippen molar-refractivity contribution >= 4 is 17.7 Å². The van der Waals surface area contributed by atoms with Crippen LogP contribution in [0.3, 0.4) is 0 Å². The zero-order valence-electron chi connectivity index (χ0n) is 11.6. The Labute approximate surface area is 119 Å². The van der Waals surface area contributed by atoms with Crippen molar-refractivity contribution < 1.29 is 4.79 Å². The van der Waals surface area contributed by atoms with Gasteiger partial charge in [0.05, 0.1) is 6.54 Å². The van der Waals surface area contributed by atoms with Gasteiger partial charge < -0.3 is 11.1 Å². The third kappa shape index (κ3) is 5.37. The zero-order chi connectivity index (χ0) is 14.3. The monoisotopic (exact) mass is 276 g/mol. The number of hydrogen-bond acceptors (Lipinski definition) is 3. The number of rotatable bonds is 4. The van der Waals surface area contributed by atoms with Crippen LogP contribution in [0.15, 0.2) is 18.2 Å². The van der Waals surface area contributed by atoms with Crippen LogP contribution in [-0.2, 0) is 0 Å². The third-order valence-electron chi connectivity index (χ3n) is 2.47. The van der Waals surface area contributed by atoms with Gasteiger partial charge in [0.25, 0.3) is 5.91 Å². The second-order valence-corrected chi connectivity index (χ2v) is 5.33. The molecule has 3 N–H and O–H groups in total. The molecular formula is C15H20N2OS. The molecule has 0 heterocycles. The van der Waals surface area contributed by atoms with Gasteiger partial charge in [-0.3, -0.25) is 4.79 Å². The minimum absolute atomic E-state index is 0.0546. The van der Waals surface area contributed by atoms with E-state index in [4.69, 9.17) is 5.73 Å². The van der Waals surface area contributed by atoms with Gasteiger partial charge in [0.15, 0.2) is 0 Å². The summed E-state index contributed by atoms with van der Waals surface area (Å²) < 4.78 is 0. The molecule has 1 amide bonds. The van der Waals surface area contributed by atoms with Crippen molar-refractivity contribution in [3.63, 3.8) is 0 Å². The van der Waals surface area contributed by atoms with Crippen molar-refractivity contribution in [2.45, 2.75) is 19.9 Å². The molecule has 0 aliphatic rings. The van der Waals surface area contributed by atoms with Gasteiger partial charge in [0.2, 0.25) is 0 Å². The van der Waals surface area contributed by atoms with E-state index in [1.165, 1.54) is 0 Å². The predicted octanol–water partition coefficient (Wildman–Crippen LogP) is 1.79. The summed E-state index contributed by atoms with van der Waals surface area (Å²) in [6, 6.07) is 5.78. The maximum absolute atomic E-state index is 12.1. The van der Waals surface area contributed by atoms with E-state index in [0.717, 1.165) is 16.9 Å². The van der Waals surface area contributed by atoms with E-state index in [2.05, 4.69) is 17.2 Å². The SMILES string of the molecule is CSCC(C)NC(=O)c1cc(C)cc(C#CCN)c1. The highest BCUT2D eigenvalue weighted by atomic mass is 32.2. The number of hydrogen-bond donors (Lipinski definition) is 2. The van der Waals surface area contributed by atoms with E-state index in [0.29, 0.717) is 12.1 Å². The fourth-order valence-corrected chi connectivity index (χ4v) is 2.32. The Morgan fingerprint density at radius 2 is 2.21 bits per heavy atom. The van der Waals surface area contributed by atoms with E-state index in [1.807, 2.05) is 32.2 Å². The zero-order valence-corrected chi connectivity index (χ0v) is 12.4. The Balaban J connectivity index is 2.87. The van der Waals surface area contributed by atoms with Gasteiger partial charge in [0, 0.05) is 22.9 Å². The number of nitrogens with two attached hydrogens (primary N) is 1. The maximum Gasteiger partial charge on any atom is 0.251 e. The minimum Gasteiger partial charge on any atom is -0.349 e.